The van der Waals surface area contributed by atoms with Gasteiger partial charge in [-0.15, -0.1) is 12.4 Å². The van der Waals surface area contributed by atoms with Crippen LogP contribution in [0.25, 0.3) is 0 Å². The molecule has 0 bridgehead atoms. The number of likely N-dealkylation sites (tertiary alicyclic amines) is 1. The third-order valence-electron chi connectivity index (χ3n) is 3.67. The van der Waals surface area contributed by atoms with E-state index in [4.69, 9.17) is 23.2 Å². The number of piperidine rings is 1. The van der Waals surface area contributed by atoms with Crippen molar-refractivity contribution in [3.8, 4) is 0 Å². The smallest absolute Gasteiger partial charge is 0.238 e. The molecule has 1 heterocycles. The molecule has 4 nitrogen and oxygen atoms in total. The normalized spacial score (nSPS) is 18.6. The number of nitrogens with one attached hydrogen (secondary N) is 2. The minimum absolute atomic E-state index is 0. The van der Waals surface area contributed by atoms with Crippen LogP contribution in [-0.4, -0.2) is 44.0 Å². The van der Waals surface area contributed by atoms with Crippen LogP contribution in [0.4, 0.5) is 5.69 Å². The van der Waals surface area contributed by atoms with E-state index >= 15 is 0 Å². The van der Waals surface area contributed by atoms with Crippen LogP contribution in [0.1, 0.15) is 12.8 Å². The maximum atomic E-state index is 12.1. The molecule has 7 heteroatoms. The molecule has 2 N–H and O–H groups in total. The summed E-state index contributed by atoms with van der Waals surface area (Å²) in [6.07, 6.45) is 2.36. The van der Waals surface area contributed by atoms with Crippen molar-refractivity contribution in [3.63, 3.8) is 0 Å². The standard InChI is InChI=1S/C15H21Cl2N3O.ClH/c1-18-8-11-3-2-6-20(9-11)10-15(21)19-14-7-12(16)4-5-13(14)17;/h4-5,7,11,18H,2-3,6,8-10H2,1H3,(H,19,21);1H. The fourth-order valence-electron chi connectivity index (χ4n) is 2.74. The number of carbonyl (C=O) groups excluding carboxylic acids is 1. The number of nitrogens with zero attached hydrogens (tertiary/aromatic N) is 1. The first-order chi connectivity index (χ1) is 10.1. The van der Waals surface area contributed by atoms with Gasteiger partial charge in [-0.25, -0.2) is 0 Å². The first kappa shape index (κ1) is 19.5. The molecular formula is C15H22Cl3N3O. The number of carbonyl (C=O) groups is 1. The SMILES string of the molecule is CNCC1CCCN(CC(=O)Nc2cc(Cl)ccc2Cl)C1.Cl. The van der Waals surface area contributed by atoms with Crippen molar-refractivity contribution in [1.29, 1.82) is 0 Å². The zero-order valence-electron chi connectivity index (χ0n) is 12.6. The average Bonchev–Trinajstić information content (AvgIpc) is 2.43. The highest BCUT2D eigenvalue weighted by Gasteiger charge is 2.21. The van der Waals surface area contributed by atoms with E-state index in [-0.39, 0.29) is 18.3 Å². The number of hydrogen-bond acceptors (Lipinski definition) is 3. The maximum Gasteiger partial charge on any atom is 0.238 e. The van der Waals surface area contributed by atoms with E-state index in [1.165, 1.54) is 6.42 Å². The van der Waals surface area contributed by atoms with Gasteiger partial charge in [-0.05, 0) is 57.1 Å². The molecular weight excluding hydrogens is 345 g/mol. The number of anilines is 1. The summed E-state index contributed by atoms with van der Waals surface area (Å²) in [5, 5.41) is 7.09. The number of amides is 1. The molecule has 1 unspecified atom stereocenters. The highest BCUT2D eigenvalue weighted by Crippen LogP contribution is 2.25. The summed E-state index contributed by atoms with van der Waals surface area (Å²) in [5.41, 5.74) is 0.568. The van der Waals surface area contributed by atoms with Crippen LogP contribution < -0.4 is 10.6 Å². The molecule has 1 fully saturated rings. The Balaban J connectivity index is 0.00000242. The van der Waals surface area contributed by atoms with E-state index in [0.717, 1.165) is 26.1 Å². The van der Waals surface area contributed by atoms with Crippen molar-refractivity contribution in [2.24, 2.45) is 5.92 Å². The quantitative estimate of drug-likeness (QED) is 0.840. The summed E-state index contributed by atoms with van der Waals surface area (Å²) in [5.74, 6) is 0.565. The van der Waals surface area contributed by atoms with Crippen molar-refractivity contribution in [1.82, 2.24) is 10.2 Å². The Morgan fingerprint density at radius 2 is 2.18 bits per heavy atom. The molecule has 1 aliphatic heterocycles. The molecule has 0 aromatic heterocycles. The van der Waals surface area contributed by atoms with Gasteiger partial charge in [0.05, 0.1) is 17.3 Å². The van der Waals surface area contributed by atoms with Crippen molar-refractivity contribution < 1.29 is 4.79 Å². The van der Waals surface area contributed by atoms with Crippen LogP contribution in [0.5, 0.6) is 0 Å². The van der Waals surface area contributed by atoms with Crippen LogP contribution in [0.15, 0.2) is 18.2 Å². The topological polar surface area (TPSA) is 44.4 Å². The molecule has 1 atom stereocenters. The number of halogens is 3. The van der Waals surface area contributed by atoms with Crippen molar-refractivity contribution in [2.75, 3.05) is 38.5 Å². The van der Waals surface area contributed by atoms with Gasteiger partial charge >= 0.3 is 0 Å². The fraction of sp³-hybridized carbons (Fsp3) is 0.533. The first-order valence-corrected chi connectivity index (χ1v) is 7.96. The van der Waals surface area contributed by atoms with Crippen LogP contribution in [0, 0.1) is 5.92 Å². The minimum Gasteiger partial charge on any atom is -0.324 e. The summed E-state index contributed by atoms with van der Waals surface area (Å²) in [6.45, 7) is 3.32. The molecule has 0 aliphatic carbocycles. The van der Waals surface area contributed by atoms with E-state index in [1.807, 2.05) is 7.05 Å². The largest absolute Gasteiger partial charge is 0.324 e. The highest BCUT2D eigenvalue weighted by molar-refractivity contribution is 6.35. The fourth-order valence-corrected chi connectivity index (χ4v) is 3.07. The molecule has 22 heavy (non-hydrogen) atoms. The molecule has 0 radical (unpaired) electrons. The zero-order valence-corrected chi connectivity index (χ0v) is 14.9. The van der Waals surface area contributed by atoms with Gasteiger partial charge in [0.15, 0.2) is 0 Å². The maximum absolute atomic E-state index is 12.1. The Kier molecular flexibility index (Phi) is 8.50. The van der Waals surface area contributed by atoms with E-state index in [9.17, 15) is 4.79 Å². The monoisotopic (exact) mass is 365 g/mol. The van der Waals surface area contributed by atoms with Crippen molar-refractivity contribution in [2.45, 2.75) is 12.8 Å². The Labute approximate surface area is 147 Å². The van der Waals surface area contributed by atoms with Crippen molar-refractivity contribution >= 4 is 47.2 Å². The molecule has 1 saturated heterocycles. The zero-order chi connectivity index (χ0) is 15.2. The van der Waals surface area contributed by atoms with E-state index < -0.39 is 0 Å². The van der Waals surface area contributed by atoms with Gasteiger partial charge in [0.1, 0.15) is 0 Å². The highest BCUT2D eigenvalue weighted by atomic mass is 35.5. The summed E-state index contributed by atoms with van der Waals surface area (Å²) in [7, 11) is 1.97. The lowest BCUT2D eigenvalue weighted by atomic mass is 9.98. The lowest BCUT2D eigenvalue weighted by molar-refractivity contribution is -0.117. The second-order valence-corrected chi connectivity index (χ2v) is 6.32. The third-order valence-corrected chi connectivity index (χ3v) is 4.23. The second-order valence-electron chi connectivity index (χ2n) is 5.47. The van der Waals surface area contributed by atoms with Gasteiger partial charge in [-0.2, -0.15) is 0 Å². The van der Waals surface area contributed by atoms with E-state index in [1.54, 1.807) is 18.2 Å². The van der Waals surface area contributed by atoms with Crippen LogP contribution >= 0.6 is 35.6 Å². The average molecular weight is 367 g/mol. The Morgan fingerprint density at radius 3 is 2.91 bits per heavy atom. The minimum atomic E-state index is -0.0516. The predicted octanol–water partition coefficient (Wildman–Crippen LogP) is 3.29. The summed E-state index contributed by atoms with van der Waals surface area (Å²) in [6, 6.07) is 5.05. The molecule has 0 spiro atoms. The number of hydrogen-bond donors (Lipinski definition) is 2. The van der Waals surface area contributed by atoms with Gasteiger partial charge in [-0.1, -0.05) is 23.2 Å². The molecule has 124 valence electrons. The predicted molar refractivity (Wildman–Crippen MR) is 95.4 cm³/mol. The summed E-state index contributed by atoms with van der Waals surface area (Å²) < 4.78 is 0. The van der Waals surface area contributed by atoms with Crippen molar-refractivity contribution in [3.05, 3.63) is 28.2 Å². The lowest BCUT2D eigenvalue weighted by Crippen LogP contribution is -2.42. The van der Waals surface area contributed by atoms with E-state index in [0.29, 0.717) is 28.2 Å². The Bertz CT molecular complexity index is 497. The molecule has 1 aliphatic rings. The van der Waals surface area contributed by atoms with Crippen LogP contribution in [0.2, 0.25) is 10.0 Å². The van der Waals surface area contributed by atoms with Gasteiger partial charge in [0.25, 0.3) is 0 Å². The van der Waals surface area contributed by atoms with Gasteiger partial charge < -0.3 is 10.6 Å². The molecule has 2 rings (SSSR count). The number of rotatable bonds is 5. The summed E-state index contributed by atoms with van der Waals surface area (Å²) in [4.78, 5) is 14.3. The van der Waals surface area contributed by atoms with Gasteiger partial charge in [0.2, 0.25) is 5.91 Å². The van der Waals surface area contributed by atoms with Gasteiger partial charge in [-0.3, -0.25) is 9.69 Å². The molecule has 1 aromatic carbocycles. The van der Waals surface area contributed by atoms with Gasteiger partial charge in [0, 0.05) is 11.6 Å². The Morgan fingerprint density at radius 1 is 1.41 bits per heavy atom. The lowest BCUT2D eigenvalue weighted by Gasteiger charge is -2.32. The second kappa shape index (κ2) is 9.58. The molecule has 1 amide bonds. The summed E-state index contributed by atoms with van der Waals surface area (Å²) >= 11 is 12.0. The molecule has 0 saturated carbocycles. The first-order valence-electron chi connectivity index (χ1n) is 7.20. The number of benzene rings is 1. The Hall–Kier alpha value is -0.520. The molecule has 1 aromatic rings. The van der Waals surface area contributed by atoms with Crippen LogP contribution in [0.3, 0.4) is 0 Å². The van der Waals surface area contributed by atoms with E-state index in [2.05, 4.69) is 15.5 Å². The van der Waals surface area contributed by atoms with Crippen LogP contribution in [-0.2, 0) is 4.79 Å². The third kappa shape index (κ3) is 5.94.